The first-order valence-electron chi connectivity index (χ1n) is 7.22. The maximum Gasteiger partial charge on any atom is 0.162 e. The van der Waals surface area contributed by atoms with Crippen LogP contribution in [-0.2, 0) is 6.54 Å². The molecule has 112 valence electrons. The fourth-order valence-corrected chi connectivity index (χ4v) is 3.23. The summed E-state index contributed by atoms with van der Waals surface area (Å²) in [4.78, 5) is 15.9. The summed E-state index contributed by atoms with van der Waals surface area (Å²) in [6.45, 7) is 5.14. The van der Waals surface area contributed by atoms with Gasteiger partial charge >= 0.3 is 0 Å². The molecule has 2 aromatic rings. The molecule has 2 rings (SSSR count). The van der Waals surface area contributed by atoms with E-state index in [1.807, 2.05) is 24.3 Å². The van der Waals surface area contributed by atoms with Crippen LogP contribution in [0.1, 0.15) is 35.0 Å². The van der Waals surface area contributed by atoms with E-state index < -0.39 is 0 Å². The monoisotopic (exact) mass is 365 g/mol. The van der Waals surface area contributed by atoms with Gasteiger partial charge in [0.05, 0.1) is 0 Å². The Morgan fingerprint density at radius 2 is 2.00 bits per heavy atom. The van der Waals surface area contributed by atoms with Gasteiger partial charge < -0.3 is 0 Å². The number of rotatable bonds is 8. The van der Waals surface area contributed by atoms with Gasteiger partial charge in [0.15, 0.2) is 5.78 Å². The number of thiophene rings is 1. The SMILES string of the molecule is CCN(CCCC(=O)c1ccc(Br)cc1)Cc1cccs1. The van der Waals surface area contributed by atoms with Gasteiger partial charge in [-0.2, -0.15) is 0 Å². The second-order valence-electron chi connectivity index (χ2n) is 4.98. The van der Waals surface area contributed by atoms with E-state index in [0.717, 1.165) is 36.1 Å². The molecule has 0 fully saturated rings. The molecule has 0 aliphatic carbocycles. The van der Waals surface area contributed by atoms with E-state index in [1.54, 1.807) is 11.3 Å². The predicted octanol–water partition coefficient (Wildman–Crippen LogP) is 5.00. The topological polar surface area (TPSA) is 20.3 Å². The average Bonchev–Trinajstić information content (AvgIpc) is 2.99. The quantitative estimate of drug-likeness (QED) is 0.613. The van der Waals surface area contributed by atoms with Crippen molar-refractivity contribution in [2.45, 2.75) is 26.3 Å². The molecule has 0 amide bonds. The highest BCUT2D eigenvalue weighted by molar-refractivity contribution is 9.10. The minimum absolute atomic E-state index is 0.231. The Morgan fingerprint density at radius 1 is 1.24 bits per heavy atom. The molecule has 0 spiro atoms. The summed E-state index contributed by atoms with van der Waals surface area (Å²) in [6, 6.07) is 11.9. The fraction of sp³-hybridized carbons (Fsp3) is 0.353. The van der Waals surface area contributed by atoms with Crippen molar-refractivity contribution in [3.63, 3.8) is 0 Å². The summed E-state index contributed by atoms with van der Waals surface area (Å²) in [5, 5.41) is 2.11. The van der Waals surface area contributed by atoms with Crippen molar-refractivity contribution in [3.05, 3.63) is 56.7 Å². The number of carbonyl (C=O) groups is 1. The molecule has 21 heavy (non-hydrogen) atoms. The molecule has 0 aliphatic rings. The van der Waals surface area contributed by atoms with E-state index in [-0.39, 0.29) is 5.78 Å². The normalized spacial score (nSPS) is 11.0. The lowest BCUT2D eigenvalue weighted by molar-refractivity contribution is 0.0974. The van der Waals surface area contributed by atoms with Crippen LogP contribution in [-0.4, -0.2) is 23.8 Å². The van der Waals surface area contributed by atoms with Crippen LogP contribution in [0.4, 0.5) is 0 Å². The van der Waals surface area contributed by atoms with Gasteiger partial charge in [0, 0.05) is 27.9 Å². The average molecular weight is 366 g/mol. The summed E-state index contributed by atoms with van der Waals surface area (Å²) < 4.78 is 1.01. The van der Waals surface area contributed by atoms with Crippen LogP contribution in [0.15, 0.2) is 46.3 Å². The lowest BCUT2D eigenvalue weighted by Gasteiger charge is -2.19. The number of ketones is 1. The predicted molar refractivity (Wildman–Crippen MR) is 93.0 cm³/mol. The van der Waals surface area contributed by atoms with Gasteiger partial charge in [-0.1, -0.05) is 41.1 Å². The van der Waals surface area contributed by atoms with Gasteiger partial charge in [0.1, 0.15) is 0 Å². The first-order valence-corrected chi connectivity index (χ1v) is 8.90. The first kappa shape index (κ1) is 16.4. The first-order chi connectivity index (χ1) is 10.2. The van der Waals surface area contributed by atoms with Crippen LogP contribution < -0.4 is 0 Å². The number of nitrogens with zero attached hydrogens (tertiary/aromatic N) is 1. The Hall–Kier alpha value is -0.970. The van der Waals surface area contributed by atoms with Gasteiger partial charge in [-0.3, -0.25) is 9.69 Å². The van der Waals surface area contributed by atoms with E-state index in [0.29, 0.717) is 6.42 Å². The van der Waals surface area contributed by atoms with Crippen molar-refractivity contribution in [1.82, 2.24) is 4.90 Å². The van der Waals surface area contributed by atoms with E-state index in [4.69, 9.17) is 0 Å². The molecule has 1 aromatic carbocycles. The summed E-state index contributed by atoms with van der Waals surface area (Å²) in [6.07, 6.45) is 1.52. The van der Waals surface area contributed by atoms with Gasteiger partial charge in [-0.25, -0.2) is 0 Å². The highest BCUT2D eigenvalue weighted by Crippen LogP contribution is 2.14. The van der Waals surface area contributed by atoms with Crippen LogP contribution in [0.2, 0.25) is 0 Å². The maximum absolute atomic E-state index is 12.1. The smallest absolute Gasteiger partial charge is 0.162 e. The number of carbonyl (C=O) groups excluding carboxylic acids is 1. The summed E-state index contributed by atoms with van der Waals surface area (Å²) >= 11 is 5.18. The van der Waals surface area contributed by atoms with Crippen LogP contribution in [0, 0.1) is 0 Å². The van der Waals surface area contributed by atoms with Gasteiger partial charge in [-0.05, 0) is 43.1 Å². The molecule has 0 saturated heterocycles. The third-order valence-corrected chi connectivity index (χ3v) is 4.84. The van der Waals surface area contributed by atoms with Crippen molar-refractivity contribution in [3.8, 4) is 0 Å². The zero-order chi connectivity index (χ0) is 15.1. The lowest BCUT2D eigenvalue weighted by Crippen LogP contribution is -2.24. The number of benzene rings is 1. The molecule has 0 atom stereocenters. The van der Waals surface area contributed by atoms with Crippen molar-refractivity contribution in [1.29, 1.82) is 0 Å². The van der Waals surface area contributed by atoms with Crippen LogP contribution >= 0.6 is 27.3 Å². The number of hydrogen-bond acceptors (Lipinski definition) is 3. The van der Waals surface area contributed by atoms with E-state index in [1.165, 1.54) is 4.88 Å². The molecule has 0 bridgehead atoms. The van der Waals surface area contributed by atoms with Crippen LogP contribution in [0.3, 0.4) is 0 Å². The van der Waals surface area contributed by atoms with E-state index >= 15 is 0 Å². The van der Waals surface area contributed by atoms with Crippen molar-refractivity contribution in [2.24, 2.45) is 0 Å². The minimum Gasteiger partial charge on any atom is -0.299 e. The second-order valence-corrected chi connectivity index (χ2v) is 6.93. The molecule has 1 heterocycles. The van der Waals surface area contributed by atoms with Gasteiger partial charge in [0.25, 0.3) is 0 Å². The minimum atomic E-state index is 0.231. The molecular weight excluding hydrogens is 346 g/mol. The standard InChI is InChI=1S/C17H20BrNOS/c1-2-19(13-16-5-4-12-21-16)11-3-6-17(20)14-7-9-15(18)10-8-14/h4-5,7-10,12H,2-3,6,11,13H2,1H3. The van der Waals surface area contributed by atoms with Crippen LogP contribution in [0.5, 0.6) is 0 Å². The third-order valence-electron chi connectivity index (χ3n) is 3.45. The van der Waals surface area contributed by atoms with Gasteiger partial charge in [0.2, 0.25) is 0 Å². The maximum atomic E-state index is 12.1. The Kier molecular flexibility index (Phi) is 6.61. The van der Waals surface area contributed by atoms with Crippen molar-refractivity contribution >= 4 is 33.0 Å². The zero-order valence-electron chi connectivity index (χ0n) is 12.2. The fourth-order valence-electron chi connectivity index (χ4n) is 2.22. The molecule has 0 radical (unpaired) electrons. The Balaban J connectivity index is 1.77. The second kappa shape index (κ2) is 8.47. The highest BCUT2D eigenvalue weighted by Gasteiger charge is 2.08. The molecule has 0 N–H and O–H groups in total. The number of hydrogen-bond donors (Lipinski definition) is 0. The molecule has 0 unspecified atom stereocenters. The Bertz CT molecular complexity index is 551. The third kappa shape index (κ3) is 5.38. The molecule has 1 aromatic heterocycles. The molecular formula is C17H20BrNOS. The van der Waals surface area contributed by atoms with E-state index in [9.17, 15) is 4.79 Å². The van der Waals surface area contributed by atoms with Crippen LogP contribution in [0.25, 0.3) is 0 Å². The Labute approximate surface area is 138 Å². The molecule has 0 saturated carbocycles. The number of halogens is 1. The lowest BCUT2D eigenvalue weighted by atomic mass is 10.1. The van der Waals surface area contributed by atoms with Gasteiger partial charge in [-0.15, -0.1) is 11.3 Å². The zero-order valence-corrected chi connectivity index (χ0v) is 14.6. The summed E-state index contributed by atoms with van der Waals surface area (Å²) in [7, 11) is 0. The Morgan fingerprint density at radius 3 is 2.62 bits per heavy atom. The van der Waals surface area contributed by atoms with Crippen molar-refractivity contribution < 1.29 is 4.79 Å². The van der Waals surface area contributed by atoms with E-state index in [2.05, 4.69) is 45.3 Å². The molecule has 2 nitrogen and oxygen atoms in total. The summed E-state index contributed by atoms with van der Waals surface area (Å²) in [5.41, 5.74) is 0.805. The summed E-state index contributed by atoms with van der Waals surface area (Å²) in [5.74, 6) is 0.231. The molecule has 0 aliphatic heterocycles. The highest BCUT2D eigenvalue weighted by atomic mass is 79.9. The number of Topliss-reactive ketones (excluding diaryl/α,β-unsaturated/α-hetero) is 1. The molecule has 4 heteroatoms. The largest absolute Gasteiger partial charge is 0.299 e. The van der Waals surface area contributed by atoms with Crippen molar-refractivity contribution in [2.75, 3.05) is 13.1 Å².